The predicted octanol–water partition coefficient (Wildman–Crippen LogP) is 1.86. The molecule has 0 saturated carbocycles. The summed E-state index contributed by atoms with van der Waals surface area (Å²) in [7, 11) is 1.94. The van der Waals surface area contributed by atoms with Crippen LogP contribution in [0.1, 0.15) is 31.7 Å². The van der Waals surface area contributed by atoms with Crippen LogP contribution in [-0.4, -0.2) is 28.0 Å². The normalized spacial score (nSPS) is 14.9. The standard InChI is InChI=1S/C12H23N3O/c1-6-12(4,8-16)7-13-11-9(2)14-15(5)10(11)3/h13,16H,6-8H2,1-5H3. The Morgan fingerprint density at radius 2 is 2.06 bits per heavy atom. The van der Waals surface area contributed by atoms with Crippen molar-refractivity contribution in [1.82, 2.24) is 9.78 Å². The van der Waals surface area contributed by atoms with Gasteiger partial charge in [0.1, 0.15) is 0 Å². The van der Waals surface area contributed by atoms with E-state index in [1.165, 1.54) is 0 Å². The van der Waals surface area contributed by atoms with E-state index in [-0.39, 0.29) is 12.0 Å². The van der Waals surface area contributed by atoms with E-state index in [4.69, 9.17) is 0 Å². The molecule has 1 aromatic rings. The molecule has 0 radical (unpaired) electrons. The Hall–Kier alpha value is -1.03. The lowest BCUT2D eigenvalue weighted by molar-refractivity contribution is 0.149. The van der Waals surface area contributed by atoms with Crippen LogP contribution in [0.5, 0.6) is 0 Å². The van der Waals surface area contributed by atoms with Gasteiger partial charge in [0.05, 0.1) is 23.7 Å². The van der Waals surface area contributed by atoms with Crippen LogP contribution in [0.4, 0.5) is 5.69 Å². The number of rotatable bonds is 5. The van der Waals surface area contributed by atoms with E-state index in [1.807, 2.05) is 25.6 Å². The van der Waals surface area contributed by atoms with Crippen LogP contribution in [0.25, 0.3) is 0 Å². The first-order valence-corrected chi connectivity index (χ1v) is 5.78. The Kier molecular flexibility index (Phi) is 3.97. The predicted molar refractivity (Wildman–Crippen MR) is 66.7 cm³/mol. The van der Waals surface area contributed by atoms with Crippen molar-refractivity contribution in [1.29, 1.82) is 0 Å². The Morgan fingerprint density at radius 3 is 2.44 bits per heavy atom. The highest BCUT2D eigenvalue weighted by atomic mass is 16.3. The van der Waals surface area contributed by atoms with Crippen LogP contribution in [0, 0.1) is 19.3 Å². The fraction of sp³-hybridized carbons (Fsp3) is 0.750. The summed E-state index contributed by atoms with van der Waals surface area (Å²) in [6, 6.07) is 0. The van der Waals surface area contributed by atoms with Crippen molar-refractivity contribution in [2.45, 2.75) is 34.1 Å². The van der Waals surface area contributed by atoms with Gasteiger partial charge in [-0.3, -0.25) is 4.68 Å². The SMILES string of the molecule is CCC(C)(CO)CNc1c(C)nn(C)c1C. The smallest absolute Gasteiger partial charge is 0.0827 e. The van der Waals surface area contributed by atoms with Gasteiger partial charge in [0, 0.05) is 19.0 Å². The van der Waals surface area contributed by atoms with Gasteiger partial charge in [-0.25, -0.2) is 0 Å². The molecule has 4 nitrogen and oxygen atoms in total. The minimum Gasteiger partial charge on any atom is -0.396 e. The third-order valence-electron chi connectivity index (χ3n) is 3.44. The highest BCUT2D eigenvalue weighted by Crippen LogP contribution is 2.24. The zero-order valence-corrected chi connectivity index (χ0v) is 11.0. The monoisotopic (exact) mass is 225 g/mol. The fourth-order valence-corrected chi connectivity index (χ4v) is 1.62. The largest absolute Gasteiger partial charge is 0.396 e. The van der Waals surface area contributed by atoms with E-state index in [9.17, 15) is 5.11 Å². The first kappa shape index (κ1) is 13.0. The van der Waals surface area contributed by atoms with E-state index in [1.54, 1.807) is 0 Å². The first-order valence-electron chi connectivity index (χ1n) is 5.78. The van der Waals surface area contributed by atoms with Gasteiger partial charge in [0.2, 0.25) is 0 Å². The summed E-state index contributed by atoms with van der Waals surface area (Å²) in [4.78, 5) is 0. The molecule has 4 heteroatoms. The molecule has 1 atom stereocenters. The molecular weight excluding hydrogens is 202 g/mol. The van der Waals surface area contributed by atoms with Crippen molar-refractivity contribution in [3.8, 4) is 0 Å². The molecule has 1 heterocycles. The molecule has 1 unspecified atom stereocenters. The minimum absolute atomic E-state index is 0.0608. The van der Waals surface area contributed by atoms with Gasteiger partial charge in [-0.1, -0.05) is 13.8 Å². The second-order valence-corrected chi connectivity index (χ2v) is 4.85. The molecule has 0 aliphatic heterocycles. The van der Waals surface area contributed by atoms with Crippen LogP contribution in [-0.2, 0) is 7.05 Å². The minimum atomic E-state index is -0.0608. The zero-order valence-electron chi connectivity index (χ0n) is 11.0. The number of aliphatic hydroxyl groups is 1. The summed E-state index contributed by atoms with van der Waals surface area (Å²) < 4.78 is 1.87. The van der Waals surface area contributed by atoms with Gasteiger partial charge in [0.15, 0.2) is 0 Å². The number of aryl methyl sites for hydroxylation is 2. The molecule has 0 aliphatic carbocycles. The van der Waals surface area contributed by atoms with E-state index in [0.29, 0.717) is 0 Å². The van der Waals surface area contributed by atoms with Crippen LogP contribution < -0.4 is 5.32 Å². The van der Waals surface area contributed by atoms with Crippen LogP contribution in [0.15, 0.2) is 0 Å². The average Bonchev–Trinajstić information content (AvgIpc) is 2.51. The number of hydrogen-bond donors (Lipinski definition) is 2. The molecule has 0 fully saturated rings. The lowest BCUT2D eigenvalue weighted by atomic mass is 9.88. The van der Waals surface area contributed by atoms with E-state index in [0.717, 1.165) is 30.0 Å². The molecule has 0 bridgehead atoms. The number of hydrogen-bond acceptors (Lipinski definition) is 3. The van der Waals surface area contributed by atoms with E-state index >= 15 is 0 Å². The number of nitrogens with zero attached hydrogens (tertiary/aromatic N) is 2. The number of nitrogens with one attached hydrogen (secondary N) is 1. The van der Waals surface area contributed by atoms with Crippen molar-refractivity contribution < 1.29 is 5.11 Å². The molecule has 16 heavy (non-hydrogen) atoms. The molecule has 1 rings (SSSR count). The third kappa shape index (κ3) is 2.55. The summed E-state index contributed by atoms with van der Waals surface area (Å²) in [6.07, 6.45) is 0.953. The summed E-state index contributed by atoms with van der Waals surface area (Å²) in [5.41, 5.74) is 3.18. The maximum atomic E-state index is 9.35. The molecule has 0 aromatic carbocycles. The van der Waals surface area contributed by atoms with Gasteiger partial charge < -0.3 is 10.4 Å². The summed E-state index contributed by atoms with van der Waals surface area (Å²) in [6.45, 7) is 9.20. The van der Waals surface area contributed by atoms with Gasteiger partial charge in [0.25, 0.3) is 0 Å². The van der Waals surface area contributed by atoms with E-state index in [2.05, 4.69) is 24.3 Å². The summed E-state index contributed by atoms with van der Waals surface area (Å²) in [5, 5.41) is 17.1. The third-order valence-corrected chi connectivity index (χ3v) is 3.44. The van der Waals surface area contributed by atoms with Gasteiger partial charge in [-0.15, -0.1) is 0 Å². The molecule has 1 aromatic heterocycles. The van der Waals surface area contributed by atoms with Gasteiger partial charge in [-0.05, 0) is 20.3 Å². The lowest BCUT2D eigenvalue weighted by Crippen LogP contribution is -2.29. The number of anilines is 1. The Labute approximate surface area is 97.7 Å². The zero-order chi connectivity index (χ0) is 12.3. The molecule has 0 aliphatic rings. The van der Waals surface area contributed by atoms with Crippen molar-refractivity contribution in [3.63, 3.8) is 0 Å². The molecule has 0 amide bonds. The van der Waals surface area contributed by atoms with Crippen molar-refractivity contribution in [2.24, 2.45) is 12.5 Å². The highest BCUT2D eigenvalue weighted by molar-refractivity contribution is 5.52. The molecule has 2 N–H and O–H groups in total. The molecular formula is C12H23N3O. The molecule has 0 spiro atoms. The molecule has 92 valence electrons. The summed E-state index contributed by atoms with van der Waals surface area (Å²) >= 11 is 0. The van der Waals surface area contributed by atoms with Crippen molar-refractivity contribution in [3.05, 3.63) is 11.4 Å². The Morgan fingerprint density at radius 1 is 1.44 bits per heavy atom. The second-order valence-electron chi connectivity index (χ2n) is 4.85. The quantitative estimate of drug-likeness (QED) is 0.804. The first-order chi connectivity index (χ1) is 7.43. The Bertz CT molecular complexity index is 353. The summed E-state index contributed by atoms with van der Waals surface area (Å²) in [5.74, 6) is 0. The second kappa shape index (κ2) is 4.87. The number of aliphatic hydroxyl groups excluding tert-OH is 1. The maximum Gasteiger partial charge on any atom is 0.0827 e. The van der Waals surface area contributed by atoms with Crippen LogP contribution >= 0.6 is 0 Å². The van der Waals surface area contributed by atoms with Crippen LogP contribution in [0.2, 0.25) is 0 Å². The average molecular weight is 225 g/mol. The topological polar surface area (TPSA) is 50.1 Å². The van der Waals surface area contributed by atoms with Gasteiger partial charge >= 0.3 is 0 Å². The maximum absolute atomic E-state index is 9.35. The number of aromatic nitrogens is 2. The molecule has 0 saturated heterocycles. The van der Waals surface area contributed by atoms with E-state index < -0.39 is 0 Å². The Balaban J connectivity index is 2.74. The van der Waals surface area contributed by atoms with Crippen molar-refractivity contribution >= 4 is 5.69 Å². The fourth-order valence-electron chi connectivity index (χ4n) is 1.62. The lowest BCUT2D eigenvalue weighted by Gasteiger charge is -2.26. The van der Waals surface area contributed by atoms with Gasteiger partial charge in [-0.2, -0.15) is 5.10 Å². The highest BCUT2D eigenvalue weighted by Gasteiger charge is 2.21. The van der Waals surface area contributed by atoms with Crippen LogP contribution in [0.3, 0.4) is 0 Å². The van der Waals surface area contributed by atoms with Crippen molar-refractivity contribution in [2.75, 3.05) is 18.5 Å².